The predicted molar refractivity (Wildman–Crippen MR) is 81.6 cm³/mol. The molecule has 1 heterocycles. The van der Waals surface area contributed by atoms with Crippen molar-refractivity contribution in [2.45, 2.75) is 12.5 Å². The first kappa shape index (κ1) is 14.4. The summed E-state index contributed by atoms with van der Waals surface area (Å²) in [7, 11) is 0. The SMILES string of the molecule is O=C(NNC(=O)[C@@H]1Cc2ccccc2O1)c1ccccc1Cl. The van der Waals surface area contributed by atoms with Crippen LogP contribution in [-0.2, 0) is 11.2 Å². The summed E-state index contributed by atoms with van der Waals surface area (Å²) in [5.41, 5.74) is 5.97. The lowest BCUT2D eigenvalue weighted by molar-refractivity contribution is -0.128. The van der Waals surface area contributed by atoms with Crippen LogP contribution >= 0.6 is 11.6 Å². The molecule has 2 aromatic rings. The standard InChI is InChI=1S/C16H13ClN2O3/c17-12-7-3-2-6-11(12)15(20)18-19-16(21)14-9-10-5-1-4-8-13(10)22-14/h1-8,14H,9H2,(H,18,20)(H,19,21)/t14-/m0/s1. The summed E-state index contributed by atoms with van der Waals surface area (Å²) >= 11 is 5.92. The highest BCUT2D eigenvalue weighted by atomic mass is 35.5. The molecule has 0 fully saturated rings. The second-order valence-corrected chi connectivity index (χ2v) is 5.25. The van der Waals surface area contributed by atoms with E-state index in [0.717, 1.165) is 5.56 Å². The molecule has 0 saturated heterocycles. The Kier molecular flexibility index (Phi) is 3.98. The zero-order valence-electron chi connectivity index (χ0n) is 11.5. The summed E-state index contributed by atoms with van der Waals surface area (Å²) in [6, 6.07) is 14.1. The Labute approximate surface area is 132 Å². The van der Waals surface area contributed by atoms with Gasteiger partial charge in [-0.3, -0.25) is 20.4 Å². The maximum Gasteiger partial charge on any atom is 0.279 e. The number of amides is 2. The molecule has 0 saturated carbocycles. The molecule has 3 rings (SSSR count). The van der Waals surface area contributed by atoms with Crippen LogP contribution in [0.5, 0.6) is 5.75 Å². The van der Waals surface area contributed by atoms with Crippen LogP contribution in [0.3, 0.4) is 0 Å². The van der Waals surface area contributed by atoms with Gasteiger partial charge in [0.2, 0.25) is 0 Å². The van der Waals surface area contributed by atoms with E-state index in [9.17, 15) is 9.59 Å². The molecule has 1 atom stereocenters. The van der Waals surface area contributed by atoms with Crippen LogP contribution in [0.4, 0.5) is 0 Å². The first-order valence-electron chi connectivity index (χ1n) is 6.74. The average molecular weight is 317 g/mol. The van der Waals surface area contributed by atoms with Gasteiger partial charge in [0, 0.05) is 6.42 Å². The fourth-order valence-electron chi connectivity index (χ4n) is 2.24. The van der Waals surface area contributed by atoms with Gasteiger partial charge in [0.1, 0.15) is 5.75 Å². The van der Waals surface area contributed by atoms with E-state index in [1.807, 2.05) is 24.3 Å². The van der Waals surface area contributed by atoms with E-state index < -0.39 is 17.9 Å². The zero-order chi connectivity index (χ0) is 15.5. The van der Waals surface area contributed by atoms with Crippen molar-refractivity contribution in [3.05, 3.63) is 64.7 Å². The summed E-state index contributed by atoms with van der Waals surface area (Å²) in [5, 5.41) is 0.318. The number of carbonyl (C=O) groups is 2. The van der Waals surface area contributed by atoms with Crippen molar-refractivity contribution in [2.75, 3.05) is 0 Å². The number of hydrazine groups is 1. The fraction of sp³-hybridized carbons (Fsp3) is 0.125. The molecule has 1 aliphatic heterocycles. The van der Waals surface area contributed by atoms with Crippen LogP contribution in [0.15, 0.2) is 48.5 Å². The van der Waals surface area contributed by atoms with E-state index in [2.05, 4.69) is 10.9 Å². The molecule has 0 aliphatic carbocycles. The minimum absolute atomic E-state index is 0.292. The van der Waals surface area contributed by atoms with Crippen LogP contribution in [0.25, 0.3) is 0 Å². The Morgan fingerprint density at radius 2 is 1.77 bits per heavy atom. The third-order valence-electron chi connectivity index (χ3n) is 3.36. The van der Waals surface area contributed by atoms with Gasteiger partial charge in [-0.05, 0) is 23.8 Å². The van der Waals surface area contributed by atoms with Gasteiger partial charge in [-0.2, -0.15) is 0 Å². The van der Waals surface area contributed by atoms with Crippen molar-refractivity contribution in [3.63, 3.8) is 0 Å². The second kappa shape index (κ2) is 6.07. The first-order valence-corrected chi connectivity index (χ1v) is 7.12. The third kappa shape index (κ3) is 2.89. The van der Waals surface area contributed by atoms with Crippen LogP contribution in [0.2, 0.25) is 5.02 Å². The number of fused-ring (bicyclic) bond motifs is 1. The van der Waals surface area contributed by atoms with Crippen molar-refractivity contribution in [1.82, 2.24) is 10.9 Å². The maximum absolute atomic E-state index is 12.1. The largest absolute Gasteiger partial charge is 0.480 e. The second-order valence-electron chi connectivity index (χ2n) is 4.84. The number of hydrogen-bond acceptors (Lipinski definition) is 3. The number of nitrogens with one attached hydrogen (secondary N) is 2. The Hall–Kier alpha value is -2.53. The maximum atomic E-state index is 12.1. The molecule has 0 spiro atoms. The van der Waals surface area contributed by atoms with Crippen LogP contribution < -0.4 is 15.6 Å². The lowest BCUT2D eigenvalue weighted by Crippen LogP contribution is -2.47. The number of hydrogen-bond donors (Lipinski definition) is 2. The number of carbonyl (C=O) groups excluding carboxylic acids is 2. The van der Waals surface area contributed by atoms with E-state index in [-0.39, 0.29) is 0 Å². The fourth-order valence-corrected chi connectivity index (χ4v) is 2.46. The summed E-state index contributed by atoms with van der Waals surface area (Å²) in [5.74, 6) is -0.189. The van der Waals surface area contributed by atoms with Gasteiger partial charge < -0.3 is 4.74 Å². The van der Waals surface area contributed by atoms with Gasteiger partial charge in [-0.25, -0.2) is 0 Å². The summed E-state index contributed by atoms with van der Waals surface area (Å²) in [4.78, 5) is 24.0. The molecule has 0 unspecified atom stereocenters. The van der Waals surface area contributed by atoms with E-state index in [4.69, 9.17) is 16.3 Å². The van der Waals surface area contributed by atoms with Crippen LogP contribution in [0.1, 0.15) is 15.9 Å². The lowest BCUT2D eigenvalue weighted by atomic mass is 10.1. The van der Waals surface area contributed by atoms with Crippen molar-refractivity contribution < 1.29 is 14.3 Å². The Morgan fingerprint density at radius 3 is 2.55 bits per heavy atom. The molecule has 0 aromatic heterocycles. The van der Waals surface area contributed by atoms with E-state index in [1.54, 1.807) is 24.3 Å². The number of ether oxygens (including phenoxy) is 1. The smallest absolute Gasteiger partial charge is 0.279 e. The summed E-state index contributed by atoms with van der Waals surface area (Å²) < 4.78 is 5.54. The predicted octanol–water partition coefficient (Wildman–Crippen LogP) is 2.10. The van der Waals surface area contributed by atoms with Crippen LogP contribution in [-0.4, -0.2) is 17.9 Å². The lowest BCUT2D eigenvalue weighted by Gasteiger charge is -2.12. The van der Waals surface area contributed by atoms with E-state index in [1.165, 1.54) is 0 Å². The molecule has 2 aromatic carbocycles. The molecule has 1 aliphatic rings. The van der Waals surface area contributed by atoms with Gasteiger partial charge in [-0.15, -0.1) is 0 Å². The minimum atomic E-state index is -0.649. The number of halogens is 1. The Balaban J connectivity index is 1.58. The van der Waals surface area contributed by atoms with Crippen molar-refractivity contribution in [2.24, 2.45) is 0 Å². The van der Waals surface area contributed by atoms with Crippen molar-refractivity contribution in [3.8, 4) is 5.75 Å². The Morgan fingerprint density at radius 1 is 1.05 bits per heavy atom. The molecule has 112 valence electrons. The van der Waals surface area contributed by atoms with Crippen LogP contribution in [0, 0.1) is 0 Å². The van der Waals surface area contributed by atoms with E-state index in [0.29, 0.717) is 22.8 Å². The molecule has 0 bridgehead atoms. The highest BCUT2D eigenvalue weighted by molar-refractivity contribution is 6.33. The molecule has 2 amide bonds. The third-order valence-corrected chi connectivity index (χ3v) is 3.69. The average Bonchev–Trinajstić information content (AvgIpc) is 2.97. The Bertz CT molecular complexity index is 708. The topological polar surface area (TPSA) is 67.4 Å². The summed E-state index contributed by atoms with van der Waals surface area (Å²) in [6.45, 7) is 0. The molecule has 5 nitrogen and oxygen atoms in total. The highest BCUT2D eigenvalue weighted by Crippen LogP contribution is 2.27. The van der Waals surface area contributed by atoms with E-state index >= 15 is 0 Å². The van der Waals surface area contributed by atoms with Gasteiger partial charge in [0.05, 0.1) is 10.6 Å². The number of benzene rings is 2. The molecule has 22 heavy (non-hydrogen) atoms. The van der Waals surface area contributed by atoms with Gasteiger partial charge in [0.25, 0.3) is 11.8 Å². The van der Waals surface area contributed by atoms with Gasteiger partial charge in [-0.1, -0.05) is 41.9 Å². The van der Waals surface area contributed by atoms with Gasteiger partial charge >= 0.3 is 0 Å². The van der Waals surface area contributed by atoms with Crippen molar-refractivity contribution >= 4 is 23.4 Å². The molecular formula is C16H13ClN2O3. The minimum Gasteiger partial charge on any atom is -0.480 e. The molecule has 6 heteroatoms. The number of rotatable bonds is 2. The quantitative estimate of drug-likeness (QED) is 0.834. The molecule has 0 radical (unpaired) electrons. The van der Waals surface area contributed by atoms with Gasteiger partial charge in [0.15, 0.2) is 6.10 Å². The first-order chi connectivity index (χ1) is 10.6. The summed E-state index contributed by atoms with van der Waals surface area (Å²) in [6.07, 6.45) is -0.173. The monoisotopic (exact) mass is 316 g/mol. The highest BCUT2D eigenvalue weighted by Gasteiger charge is 2.29. The van der Waals surface area contributed by atoms with Crippen molar-refractivity contribution in [1.29, 1.82) is 0 Å². The zero-order valence-corrected chi connectivity index (χ0v) is 12.3. The molecule has 2 N–H and O–H groups in total. The number of para-hydroxylation sites is 1. The normalized spacial score (nSPS) is 15.6. The molecular weight excluding hydrogens is 304 g/mol.